The molecule has 1 heterocycles. The number of hydrogen-bond acceptors (Lipinski definition) is 2. The lowest BCUT2D eigenvalue weighted by molar-refractivity contribution is 0.576. The SMILES string of the molecule is CCc1c(F)ccc(F)c1CC1=NCCN1. The van der Waals surface area contributed by atoms with Crippen molar-refractivity contribution in [2.24, 2.45) is 4.99 Å². The van der Waals surface area contributed by atoms with E-state index in [9.17, 15) is 8.78 Å². The maximum Gasteiger partial charge on any atom is 0.127 e. The highest BCUT2D eigenvalue weighted by molar-refractivity contribution is 5.86. The quantitative estimate of drug-likeness (QED) is 0.835. The van der Waals surface area contributed by atoms with E-state index in [0.29, 0.717) is 30.5 Å². The Balaban J connectivity index is 2.34. The van der Waals surface area contributed by atoms with Crippen LogP contribution in [0, 0.1) is 11.6 Å². The van der Waals surface area contributed by atoms with E-state index in [0.717, 1.165) is 12.4 Å². The van der Waals surface area contributed by atoms with Gasteiger partial charge in [0.05, 0.1) is 6.54 Å². The lowest BCUT2D eigenvalue weighted by atomic mass is 10.0. The Morgan fingerprint density at radius 3 is 2.50 bits per heavy atom. The summed E-state index contributed by atoms with van der Waals surface area (Å²) >= 11 is 0. The van der Waals surface area contributed by atoms with Crippen LogP contribution in [0.3, 0.4) is 0 Å². The standard InChI is InChI=1S/C12H14F2N2/c1-2-8-9(7-12-15-5-6-16-12)11(14)4-3-10(8)13/h3-4H,2,5-7H2,1H3,(H,15,16). The summed E-state index contributed by atoms with van der Waals surface area (Å²) in [4.78, 5) is 4.19. The van der Waals surface area contributed by atoms with Crippen LogP contribution in [0.5, 0.6) is 0 Å². The molecule has 0 atom stereocenters. The summed E-state index contributed by atoms with van der Waals surface area (Å²) in [6, 6.07) is 2.36. The van der Waals surface area contributed by atoms with Gasteiger partial charge in [-0.15, -0.1) is 0 Å². The number of rotatable bonds is 3. The first-order valence-electron chi connectivity index (χ1n) is 5.45. The van der Waals surface area contributed by atoms with Crippen LogP contribution in [0.2, 0.25) is 0 Å². The normalized spacial score (nSPS) is 14.8. The van der Waals surface area contributed by atoms with Gasteiger partial charge in [0.1, 0.15) is 17.5 Å². The van der Waals surface area contributed by atoms with E-state index in [4.69, 9.17) is 0 Å². The van der Waals surface area contributed by atoms with Gasteiger partial charge in [0.15, 0.2) is 0 Å². The number of hydrogen-bond donors (Lipinski definition) is 1. The Kier molecular flexibility index (Phi) is 3.17. The molecule has 4 heteroatoms. The molecule has 0 saturated carbocycles. The average molecular weight is 224 g/mol. The monoisotopic (exact) mass is 224 g/mol. The molecular weight excluding hydrogens is 210 g/mol. The van der Waals surface area contributed by atoms with Crippen LogP contribution < -0.4 is 5.32 Å². The number of nitrogens with one attached hydrogen (secondary N) is 1. The fourth-order valence-corrected chi connectivity index (χ4v) is 1.94. The van der Waals surface area contributed by atoms with Gasteiger partial charge in [-0.2, -0.15) is 0 Å². The molecular formula is C12H14F2N2. The van der Waals surface area contributed by atoms with E-state index in [2.05, 4.69) is 10.3 Å². The average Bonchev–Trinajstić information content (AvgIpc) is 2.77. The molecule has 0 saturated heterocycles. The number of nitrogens with zero attached hydrogens (tertiary/aromatic N) is 1. The first-order valence-corrected chi connectivity index (χ1v) is 5.45. The topological polar surface area (TPSA) is 24.4 Å². The van der Waals surface area contributed by atoms with Crippen molar-refractivity contribution in [3.05, 3.63) is 34.9 Å². The predicted octanol–water partition coefficient (Wildman–Crippen LogP) is 2.07. The summed E-state index contributed by atoms with van der Waals surface area (Å²) in [5.74, 6) is 0.0614. The molecule has 2 nitrogen and oxygen atoms in total. The van der Waals surface area contributed by atoms with E-state index in [-0.39, 0.29) is 11.6 Å². The maximum atomic E-state index is 13.6. The van der Waals surface area contributed by atoms with Crippen LogP contribution in [-0.2, 0) is 12.8 Å². The minimum atomic E-state index is -0.352. The second-order valence-corrected chi connectivity index (χ2v) is 3.77. The molecule has 0 fully saturated rings. The number of halogens is 2. The van der Waals surface area contributed by atoms with Gasteiger partial charge in [-0.25, -0.2) is 8.78 Å². The molecule has 1 aromatic carbocycles. The minimum Gasteiger partial charge on any atom is -0.372 e. The summed E-state index contributed by atoms with van der Waals surface area (Å²) in [5.41, 5.74) is 0.882. The second-order valence-electron chi connectivity index (χ2n) is 3.77. The molecule has 16 heavy (non-hydrogen) atoms. The smallest absolute Gasteiger partial charge is 0.127 e. The zero-order valence-electron chi connectivity index (χ0n) is 9.19. The van der Waals surface area contributed by atoms with Crippen molar-refractivity contribution in [2.75, 3.05) is 13.1 Å². The van der Waals surface area contributed by atoms with Gasteiger partial charge >= 0.3 is 0 Å². The summed E-state index contributed by atoms with van der Waals surface area (Å²) in [5, 5.41) is 3.06. The van der Waals surface area contributed by atoms with Gasteiger partial charge in [-0.05, 0) is 24.1 Å². The lowest BCUT2D eigenvalue weighted by Crippen LogP contribution is -2.22. The lowest BCUT2D eigenvalue weighted by Gasteiger charge is -2.10. The fourth-order valence-electron chi connectivity index (χ4n) is 1.94. The summed E-state index contributed by atoms with van der Waals surface area (Å²) in [6.07, 6.45) is 0.846. The van der Waals surface area contributed by atoms with E-state index >= 15 is 0 Å². The van der Waals surface area contributed by atoms with Gasteiger partial charge in [-0.1, -0.05) is 6.92 Å². The first kappa shape index (κ1) is 11.0. The highest BCUT2D eigenvalue weighted by Crippen LogP contribution is 2.19. The third-order valence-corrected chi connectivity index (χ3v) is 2.76. The van der Waals surface area contributed by atoms with E-state index in [1.54, 1.807) is 0 Å². The van der Waals surface area contributed by atoms with Crippen molar-refractivity contribution >= 4 is 5.84 Å². The Labute approximate surface area is 93.4 Å². The predicted molar refractivity (Wildman–Crippen MR) is 59.7 cm³/mol. The van der Waals surface area contributed by atoms with E-state index in [1.807, 2.05) is 6.92 Å². The van der Waals surface area contributed by atoms with Crippen molar-refractivity contribution in [2.45, 2.75) is 19.8 Å². The van der Waals surface area contributed by atoms with Crippen LogP contribution in [0.15, 0.2) is 17.1 Å². The fraction of sp³-hybridized carbons (Fsp3) is 0.417. The summed E-state index contributed by atoms with van der Waals surface area (Å²) < 4.78 is 27.1. The molecule has 0 unspecified atom stereocenters. The number of aliphatic imine (C=N–C) groups is 1. The molecule has 1 aromatic rings. The van der Waals surface area contributed by atoms with Gasteiger partial charge < -0.3 is 5.32 Å². The zero-order valence-corrected chi connectivity index (χ0v) is 9.19. The second kappa shape index (κ2) is 4.60. The summed E-state index contributed by atoms with van der Waals surface area (Å²) in [7, 11) is 0. The minimum absolute atomic E-state index is 0.336. The third kappa shape index (κ3) is 2.05. The largest absolute Gasteiger partial charge is 0.372 e. The van der Waals surface area contributed by atoms with Crippen LogP contribution >= 0.6 is 0 Å². The Morgan fingerprint density at radius 1 is 1.25 bits per heavy atom. The zero-order chi connectivity index (χ0) is 11.5. The van der Waals surface area contributed by atoms with Crippen molar-refractivity contribution in [1.82, 2.24) is 5.32 Å². The van der Waals surface area contributed by atoms with Crippen molar-refractivity contribution in [3.8, 4) is 0 Å². The van der Waals surface area contributed by atoms with Crippen LogP contribution in [0.1, 0.15) is 18.1 Å². The number of benzene rings is 1. The van der Waals surface area contributed by atoms with Crippen LogP contribution in [0.25, 0.3) is 0 Å². The molecule has 0 spiro atoms. The molecule has 1 aliphatic rings. The third-order valence-electron chi connectivity index (χ3n) is 2.76. The molecule has 0 amide bonds. The van der Waals surface area contributed by atoms with Crippen molar-refractivity contribution in [1.29, 1.82) is 0 Å². The molecule has 2 rings (SSSR count). The highest BCUT2D eigenvalue weighted by Gasteiger charge is 2.15. The molecule has 1 aliphatic heterocycles. The van der Waals surface area contributed by atoms with Gasteiger partial charge in [0.25, 0.3) is 0 Å². The molecule has 1 N–H and O–H groups in total. The van der Waals surface area contributed by atoms with Crippen LogP contribution in [-0.4, -0.2) is 18.9 Å². The first-order chi connectivity index (χ1) is 7.72. The van der Waals surface area contributed by atoms with Crippen LogP contribution in [0.4, 0.5) is 8.78 Å². The Hall–Kier alpha value is -1.45. The summed E-state index contributed by atoms with van der Waals surface area (Å²) in [6.45, 7) is 3.33. The molecule has 86 valence electrons. The highest BCUT2D eigenvalue weighted by atomic mass is 19.1. The molecule has 0 radical (unpaired) electrons. The Bertz CT molecular complexity index is 427. The maximum absolute atomic E-state index is 13.6. The van der Waals surface area contributed by atoms with Crippen molar-refractivity contribution < 1.29 is 8.78 Å². The van der Waals surface area contributed by atoms with E-state index in [1.165, 1.54) is 12.1 Å². The van der Waals surface area contributed by atoms with Gasteiger partial charge in [0, 0.05) is 18.5 Å². The van der Waals surface area contributed by atoms with E-state index < -0.39 is 0 Å². The number of amidine groups is 1. The van der Waals surface area contributed by atoms with Crippen molar-refractivity contribution in [3.63, 3.8) is 0 Å². The van der Waals surface area contributed by atoms with Gasteiger partial charge in [0.2, 0.25) is 0 Å². The molecule has 0 aromatic heterocycles. The Morgan fingerprint density at radius 2 is 1.94 bits per heavy atom. The molecule has 0 bridgehead atoms. The van der Waals surface area contributed by atoms with Gasteiger partial charge in [-0.3, -0.25) is 4.99 Å². The molecule has 0 aliphatic carbocycles.